The minimum atomic E-state index is -0.537. The van der Waals surface area contributed by atoms with Gasteiger partial charge in [-0.05, 0) is 49.1 Å². The van der Waals surface area contributed by atoms with Crippen LogP contribution in [0.1, 0.15) is 56.0 Å². The molecule has 2 aromatic rings. The monoisotopic (exact) mass is 352 g/mol. The molecule has 0 fully saturated rings. The van der Waals surface area contributed by atoms with Crippen LogP contribution >= 0.6 is 0 Å². The standard InChI is InChI=1S/C22H28N2O2/c1-4-15-24-21(25)19-9-7-8-10-20(19)23-22(24,6-3)17-11-13-18(14-12-17)26-16-5-2/h7-14,23H,4-6,15-16H2,1-3H3. The molecule has 0 aromatic heterocycles. The van der Waals surface area contributed by atoms with Crippen LogP contribution in [-0.4, -0.2) is 24.0 Å². The molecule has 138 valence electrons. The molecule has 0 aliphatic carbocycles. The average Bonchev–Trinajstić information content (AvgIpc) is 2.69. The number of nitrogens with one attached hydrogen (secondary N) is 1. The van der Waals surface area contributed by atoms with Crippen molar-refractivity contribution in [1.82, 2.24) is 4.90 Å². The molecular formula is C22H28N2O2. The van der Waals surface area contributed by atoms with E-state index in [0.29, 0.717) is 13.2 Å². The van der Waals surface area contributed by atoms with E-state index in [1.807, 2.05) is 41.3 Å². The van der Waals surface area contributed by atoms with E-state index in [1.165, 1.54) is 0 Å². The fraction of sp³-hybridized carbons (Fsp3) is 0.409. The Kier molecular flexibility index (Phi) is 5.50. The molecule has 0 spiro atoms. The molecule has 1 amide bonds. The first-order valence-corrected chi connectivity index (χ1v) is 9.58. The maximum Gasteiger partial charge on any atom is 0.258 e. The van der Waals surface area contributed by atoms with Crippen molar-refractivity contribution in [2.75, 3.05) is 18.5 Å². The van der Waals surface area contributed by atoms with Gasteiger partial charge in [0.05, 0.1) is 12.2 Å². The number of amides is 1. The third-order valence-corrected chi connectivity index (χ3v) is 4.97. The summed E-state index contributed by atoms with van der Waals surface area (Å²) < 4.78 is 5.71. The zero-order valence-electron chi connectivity index (χ0n) is 15.9. The van der Waals surface area contributed by atoms with Gasteiger partial charge in [0.15, 0.2) is 0 Å². The fourth-order valence-corrected chi connectivity index (χ4v) is 3.66. The number of benzene rings is 2. The highest BCUT2D eigenvalue weighted by Crippen LogP contribution is 2.40. The molecule has 4 nitrogen and oxygen atoms in total. The van der Waals surface area contributed by atoms with E-state index in [4.69, 9.17) is 4.74 Å². The number of rotatable bonds is 7. The van der Waals surface area contributed by atoms with Crippen LogP contribution in [0.25, 0.3) is 0 Å². The normalized spacial score (nSPS) is 19.0. The smallest absolute Gasteiger partial charge is 0.258 e. The molecule has 4 heteroatoms. The predicted octanol–water partition coefficient (Wildman–Crippen LogP) is 5.02. The Bertz CT molecular complexity index is 757. The summed E-state index contributed by atoms with van der Waals surface area (Å²) in [6, 6.07) is 15.9. The third kappa shape index (κ3) is 3.16. The van der Waals surface area contributed by atoms with Crippen molar-refractivity contribution in [2.45, 2.75) is 45.7 Å². The summed E-state index contributed by atoms with van der Waals surface area (Å²) in [6.07, 6.45) is 2.68. The second kappa shape index (κ2) is 7.81. The van der Waals surface area contributed by atoms with E-state index in [0.717, 1.165) is 41.8 Å². The van der Waals surface area contributed by atoms with Crippen molar-refractivity contribution >= 4 is 11.6 Å². The van der Waals surface area contributed by atoms with Crippen LogP contribution in [0.2, 0.25) is 0 Å². The summed E-state index contributed by atoms with van der Waals surface area (Å²) in [6.45, 7) is 7.75. The van der Waals surface area contributed by atoms with Crippen LogP contribution in [0.3, 0.4) is 0 Å². The van der Waals surface area contributed by atoms with E-state index < -0.39 is 5.66 Å². The van der Waals surface area contributed by atoms with Gasteiger partial charge >= 0.3 is 0 Å². The second-order valence-electron chi connectivity index (χ2n) is 6.71. The fourth-order valence-electron chi connectivity index (χ4n) is 3.66. The maximum atomic E-state index is 13.2. The number of para-hydroxylation sites is 1. The molecule has 26 heavy (non-hydrogen) atoms. The van der Waals surface area contributed by atoms with Crippen LogP contribution in [-0.2, 0) is 5.66 Å². The molecule has 0 saturated heterocycles. The second-order valence-corrected chi connectivity index (χ2v) is 6.71. The largest absolute Gasteiger partial charge is 0.494 e. The number of anilines is 1. The first kappa shape index (κ1) is 18.3. The van der Waals surface area contributed by atoms with Crippen molar-refractivity contribution in [1.29, 1.82) is 0 Å². The number of nitrogens with zero attached hydrogens (tertiary/aromatic N) is 1. The lowest BCUT2D eigenvalue weighted by atomic mass is 9.89. The molecule has 1 heterocycles. The highest BCUT2D eigenvalue weighted by molar-refractivity contribution is 6.02. The van der Waals surface area contributed by atoms with E-state index in [9.17, 15) is 4.79 Å². The Morgan fingerprint density at radius 1 is 1.00 bits per heavy atom. The van der Waals surface area contributed by atoms with Crippen molar-refractivity contribution in [3.05, 3.63) is 59.7 Å². The van der Waals surface area contributed by atoms with Crippen LogP contribution in [0.4, 0.5) is 5.69 Å². The molecule has 2 aromatic carbocycles. The predicted molar refractivity (Wildman–Crippen MR) is 106 cm³/mol. The Labute approximate surface area is 156 Å². The number of hydrogen-bond acceptors (Lipinski definition) is 3. The van der Waals surface area contributed by atoms with Crippen LogP contribution in [0, 0.1) is 0 Å². The van der Waals surface area contributed by atoms with Gasteiger partial charge in [0, 0.05) is 12.2 Å². The lowest BCUT2D eigenvalue weighted by molar-refractivity contribution is 0.0483. The van der Waals surface area contributed by atoms with Gasteiger partial charge in [-0.2, -0.15) is 0 Å². The summed E-state index contributed by atoms with van der Waals surface area (Å²) in [4.78, 5) is 15.2. The number of carbonyl (C=O) groups excluding carboxylic acids is 1. The molecule has 3 rings (SSSR count). The Hall–Kier alpha value is -2.49. The highest BCUT2D eigenvalue weighted by atomic mass is 16.5. The third-order valence-electron chi connectivity index (χ3n) is 4.97. The first-order chi connectivity index (χ1) is 12.7. The zero-order valence-corrected chi connectivity index (χ0v) is 15.9. The first-order valence-electron chi connectivity index (χ1n) is 9.58. The molecule has 0 saturated carbocycles. The van der Waals surface area contributed by atoms with Gasteiger partial charge in [-0.1, -0.05) is 45.0 Å². The van der Waals surface area contributed by atoms with Gasteiger partial charge in [-0.3, -0.25) is 4.79 Å². The van der Waals surface area contributed by atoms with Crippen molar-refractivity contribution in [3.8, 4) is 5.75 Å². The van der Waals surface area contributed by atoms with Crippen molar-refractivity contribution in [3.63, 3.8) is 0 Å². The summed E-state index contributed by atoms with van der Waals surface area (Å²) in [5.74, 6) is 0.959. The molecule has 1 unspecified atom stereocenters. The van der Waals surface area contributed by atoms with Crippen LogP contribution < -0.4 is 10.1 Å². The lowest BCUT2D eigenvalue weighted by Gasteiger charge is -2.48. The highest BCUT2D eigenvalue weighted by Gasteiger charge is 2.44. The summed E-state index contributed by atoms with van der Waals surface area (Å²) in [5, 5.41) is 3.67. The molecule has 0 bridgehead atoms. The van der Waals surface area contributed by atoms with Crippen LogP contribution in [0.15, 0.2) is 48.5 Å². The summed E-state index contributed by atoms with van der Waals surface area (Å²) >= 11 is 0. The van der Waals surface area contributed by atoms with E-state index in [-0.39, 0.29) is 5.91 Å². The SMILES string of the molecule is CCCOc1ccc(C2(CC)Nc3ccccc3C(=O)N2CCC)cc1. The topological polar surface area (TPSA) is 41.6 Å². The average molecular weight is 352 g/mol. The van der Waals surface area contributed by atoms with Gasteiger partial charge in [-0.25, -0.2) is 0 Å². The molecule has 1 aliphatic heterocycles. The lowest BCUT2D eigenvalue weighted by Crippen LogP contribution is -2.57. The zero-order chi connectivity index (χ0) is 18.6. The molecule has 1 atom stereocenters. The number of fused-ring (bicyclic) bond motifs is 1. The Morgan fingerprint density at radius 2 is 1.73 bits per heavy atom. The van der Waals surface area contributed by atoms with Crippen LogP contribution in [0.5, 0.6) is 5.75 Å². The van der Waals surface area contributed by atoms with E-state index in [1.54, 1.807) is 0 Å². The van der Waals surface area contributed by atoms with Gasteiger partial charge in [-0.15, -0.1) is 0 Å². The summed E-state index contributed by atoms with van der Waals surface area (Å²) in [7, 11) is 0. The Balaban J connectivity index is 2.03. The minimum Gasteiger partial charge on any atom is -0.494 e. The number of carbonyl (C=O) groups is 1. The van der Waals surface area contributed by atoms with Gasteiger partial charge < -0.3 is 15.0 Å². The quantitative estimate of drug-likeness (QED) is 0.761. The molecule has 1 aliphatic rings. The van der Waals surface area contributed by atoms with Gasteiger partial charge in [0.1, 0.15) is 11.4 Å². The Morgan fingerprint density at radius 3 is 2.38 bits per heavy atom. The van der Waals surface area contributed by atoms with E-state index in [2.05, 4.69) is 38.2 Å². The summed E-state index contributed by atoms with van der Waals surface area (Å²) in [5.41, 5.74) is 2.19. The van der Waals surface area contributed by atoms with Gasteiger partial charge in [0.25, 0.3) is 5.91 Å². The molecular weight excluding hydrogens is 324 g/mol. The number of ether oxygens (including phenoxy) is 1. The molecule has 1 N–H and O–H groups in total. The van der Waals surface area contributed by atoms with Crippen molar-refractivity contribution in [2.24, 2.45) is 0 Å². The van der Waals surface area contributed by atoms with Crippen molar-refractivity contribution < 1.29 is 9.53 Å². The minimum absolute atomic E-state index is 0.0920. The molecule has 0 radical (unpaired) electrons. The maximum absolute atomic E-state index is 13.2. The number of hydrogen-bond donors (Lipinski definition) is 1. The van der Waals surface area contributed by atoms with Gasteiger partial charge in [0.2, 0.25) is 0 Å². The van der Waals surface area contributed by atoms with E-state index >= 15 is 0 Å².